The summed E-state index contributed by atoms with van der Waals surface area (Å²) in [5, 5.41) is 10.2. The van der Waals surface area contributed by atoms with Gasteiger partial charge < -0.3 is 9.84 Å². The molecule has 0 spiro atoms. The van der Waals surface area contributed by atoms with E-state index in [1.165, 1.54) is 7.11 Å². The fraction of sp³-hybridized carbons (Fsp3) is 0.571. The summed E-state index contributed by atoms with van der Waals surface area (Å²) in [4.78, 5) is 0. The molecule has 3 unspecified atom stereocenters. The summed E-state index contributed by atoms with van der Waals surface area (Å²) in [6.45, 7) is 2.01. The van der Waals surface area contributed by atoms with E-state index in [9.17, 15) is 13.9 Å². The lowest BCUT2D eigenvalue weighted by atomic mass is 9.87. The molecule has 0 saturated heterocycles. The van der Waals surface area contributed by atoms with Gasteiger partial charge in [-0.1, -0.05) is 19.8 Å². The average Bonchev–Trinajstić information content (AvgIpc) is 2.74. The Kier molecular flexibility index (Phi) is 3.85. The van der Waals surface area contributed by atoms with Crippen molar-refractivity contribution in [3.63, 3.8) is 0 Å². The van der Waals surface area contributed by atoms with Crippen molar-refractivity contribution >= 4 is 0 Å². The second-order valence-corrected chi connectivity index (χ2v) is 5.02. The Labute approximate surface area is 106 Å². The molecule has 1 aliphatic rings. The standard InChI is InChI=1S/C14H18F2O2/c1-8-4-3-5-10(8)14(17)13-11(15)6-9(18-2)7-12(13)16/h6-8,10,14,17H,3-5H2,1-2H3. The first-order chi connectivity index (χ1) is 8.54. The van der Waals surface area contributed by atoms with Gasteiger partial charge in [0.1, 0.15) is 17.4 Å². The van der Waals surface area contributed by atoms with Gasteiger partial charge in [-0.15, -0.1) is 0 Å². The van der Waals surface area contributed by atoms with Gasteiger partial charge in [-0.3, -0.25) is 0 Å². The maximum absolute atomic E-state index is 13.8. The van der Waals surface area contributed by atoms with E-state index in [4.69, 9.17) is 4.74 Å². The number of rotatable bonds is 3. The van der Waals surface area contributed by atoms with Gasteiger partial charge in [-0.2, -0.15) is 0 Å². The second kappa shape index (κ2) is 5.22. The number of aliphatic hydroxyl groups is 1. The highest BCUT2D eigenvalue weighted by molar-refractivity contribution is 5.32. The van der Waals surface area contributed by atoms with Crippen molar-refractivity contribution in [3.8, 4) is 5.75 Å². The Balaban J connectivity index is 2.32. The number of aliphatic hydroxyl groups excluding tert-OH is 1. The van der Waals surface area contributed by atoms with E-state index in [2.05, 4.69) is 0 Å². The molecule has 3 atom stereocenters. The van der Waals surface area contributed by atoms with Gasteiger partial charge >= 0.3 is 0 Å². The van der Waals surface area contributed by atoms with Crippen molar-refractivity contribution in [3.05, 3.63) is 29.3 Å². The predicted octanol–water partition coefficient (Wildman–Crippen LogP) is 3.44. The van der Waals surface area contributed by atoms with Crippen LogP contribution in [0.4, 0.5) is 8.78 Å². The Hall–Kier alpha value is -1.16. The molecule has 2 rings (SSSR count). The van der Waals surface area contributed by atoms with Crippen LogP contribution < -0.4 is 4.74 Å². The molecule has 2 nitrogen and oxygen atoms in total. The average molecular weight is 256 g/mol. The maximum atomic E-state index is 13.8. The van der Waals surface area contributed by atoms with Crippen molar-refractivity contribution in [2.24, 2.45) is 11.8 Å². The van der Waals surface area contributed by atoms with Gasteiger partial charge in [-0.05, 0) is 18.3 Å². The molecule has 0 amide bonds. The summed E-state index contributed by atoms with van der Waals surface area (Å²) in [5.41, 5.74) is -0.227. The van der Waals surface area contributed by atoms with Crippen LogP contribution in [-0.2, 0) is 0 Å². The summed E-state index contributed by atoms with van der Waals surface area (Å²) in [6.07, 6.45) is 1.74. The smallest absolute Gasteiger partial charge is 0.135 e. The van der Waals surface area contributed by atoms with E-state index < -0.39 is 17.7 Å². The van der Waals surface area contributed by atoms with Crippen molar-refractivity contribution in [1.82, 2.24) is 0 Å². The van der Waals surface area contributed by atoms with E-state index in [0.717, 1.165) is 31.4 Å². The van der Waals surface area contributed by atoms with Gasteiger partial charge in [0.15, 0.2) is 0 Å². The first kappa shape index (κ1) is 13.3. The third kappa shape index (κ3) is 2.34. The maximum Gasteiger partial charge on any atom is 0.135 e. The largest absolute Gasteiger partial charge is 0.497 e. The van der Waals surface area contributed by atoms with Crippen LogP contribution in [-0.4, -0.2) is 12.2 Å². The molecule has 1 saturated carbocycles. The molecular formula is C14H18F2O2. The normalized spacial score (nSPS) is 25.2. The Morgan fingerprint density at radius 1 is 1.28 bits per heavy atom. The minimum absolute atomic E-state index is 0.0672. The second-order valence-electron chi connectivity index (χ2n) is 5.02. The highest BCUT2D eigenvalue weighted by atomic mass is 19.1. The number of ether oxygens (including phenoxy) is 1. The zero-order valence-electron chi connectivity index (χ0n) is 10.6. The molecule has 1 fully saturated rings. The lowest BCUT2D eigenvalue weighted by molar-refractivity contribution is 0.0829. The van der Waals surface area contributed by atoms with Crippen LogP contribution in [0.25, 0.3) is 0 Å². The van der Waals surface area contributed by atoms with Crippen LogP contribution in [0.2, 0.25) is 0 Å². The molecule has 1 N–H and O–H groups in total. The quantitative estimate of drug-likeness (QED) is 0.897. The van der Waals surface area contributed by atoms with E-state index >= 15 is 0 Å². The zero-order valence-corrected chi connectivity index (χ0v) is 10.6. The number of benzene rings is 1. The Bertz CT molecular complexity index is 411. The monoisotopic (exact) mass is 256 g/mol. The van der Waals surface area contributed by atoms with Crippen LogP contribution in [0, 0.1) is 23.5 Å². The summed E-state index contributed by atoms with van der Waals surface area (Å²) in [5.74, 6) is -1.12. The molecule has 0 heterocycles. The predicted molar refractivity (Wildman–Crippen MR) is 64.4 cm³/mol. The third-order valence-electron chi connectivity index (χ3n) is 3.92. The van der Waals surface area contributed by atoms with Gasteiger partial charge in [0, 0.05) is 12.1 Å². The Morgan fingerprint density at radius 3 is 2.33 bits per heavy atom. The van der Waals surface area contributed by atoms with Crippen LogP contribution >= 0.6 is 0 Å². The topological polar surface area (TPSA) is 29.5 Å². The summed E-state index contributed by atoms with van der Waals surface area (Å²) in [7, 11) is 1.35. The summed E-state index contributed by atoms with van der Waals surface area (Å²) < 4.78 is 32.5. The Morgan fingerprint density at radius 2 is 1.89 bits per heavy atom. The molecule has 18 heavy (non-hydrogen) atoms. The highest BCUT2D eigenvalue weighted by Gasteiger charge is 2.33. The van der Waals surface area contributed by atoms with E-state index in [1.807, 2.05) is 6.92 Å². The van der Waals surface area contributed by atoms with Crippen molar-refractivity contribution < 1.29 is 18.6 Å². The fourth-order valence-electron chi connectivity index (χ4n) is 2.82. The first-order valence-electron chi connectivity index (χ1n) is 6.25. The number of hydrogen-bond donors (Lipinski definition) is 1. The summed E-state index contributed by atoms with van der Waals surface area (Å²) in [6, 6.07) is 2.22. The lowest BCUT2D eigenvalue weighted by Gasteiger charge is -2.23. The molecule has 1 aromatic rings. The van der Waals surface area contributed by atoms with Crippen LogP contribution in [0.5, 0.6) is 5.75 Å². The molecule has 1 aliphatic carbocycles. The molecular weight excluding hydrogens is 238 g/mol. The number of methoxy groups -OCH3 is 1. The van der Waals surface area contributed by atoms with Gasteiger partial charge in [0.05, 0.1) is 18.8 Å². The van der Waals surface area contributed by atoms with E-state index in [1.54, 1.807) is 0 Å². The van der Waals surface area contributed by atoms with Crippen molar-refractivity contribution in [2.75, 3.05) is 7.11 Å². The van der Waals surface area contributed by atoms with Crippen molar-refractivity contribution in [2.45, 2.75) is 32.3 Å². The minimum Gasteiger partial charge on any atom is -0.497 e. The van der Waals surface area contributed by atoms with Crippen LogP contribution in [0.1, 0.15) is 37.9 Å². The molecule has 0 aliphatic heterocycles. The SMILES string of the molecule is COc1cc(F)c(C(O)C2CCCC2C)c(F)c1. The third-order valence-corrected chi connectivity index (χ3v) is 3.92. The minimum atomic E-state index is -1.08. The van der Waals surface area contributed by atoms with Gasteiger partial charge in [0.25, 0.3) is 0 Å². The number of halogens is 2. The van der Waals surface area contributed by atoms with Crippen LogP contribution in [0.15, 0.2) is 12.1 Å². The highest BCUT2D eigenvalue weighted by Crippen LogP contribution is 2.41. The molecule has 0 bridgehead atoms. The molecule has 0 radical (unpaired) electrons. The molecule has 0 aromatic heterocycles. The lowest BCUT2D eigenvalue weighted by Crippen LogP contribution is -2.17. The number of hydrogen-bond acceptors (Lipinski definition) is 2. The molecule has 4 heteroatoms. The first-order valence-corrected chi connectivity index (χ1v) is 6.25. The van der Waals surface area contributed by atoms with Gasteiger partial charge in [-0.25, -0.2) is 8.78 Å². The van der Waals surface area contributed by atoms with Crippen molar-refractivity contribution in [1.29, 1.82) is 0 Å². The van der Waals surface area contributed by atoms with Crippen LogP contribution in [0.3, 0.4) is 0 Å². The zero-order chi connectivity index (χ0) is 13.3. The molecule has 100 valence electrons. The van der Waals surface area contributed by atoms with E-state index in [0.29, 0.717) is 5.92 Å². The summed E-state index contributed by atoms with van der Waals surface area (Å²) >= 11 is 0. The van der Waals surface area contributed by atoms with E-state index in [-0.39, 0.29) is 17.2 Å². The molecule has 1 aromatic carbocycles. The van der Waals surface area contributed by atoms with Gasteiger partial charge in [0.2, 0.25) is 0 Å². The fourth-order valence-corrected chi connectivity index (χ4v) is 2.82.